The molecule has 1 fully saturated rings. The molecular weight excluding hydrogens is 282 g/mol. The van der Waals surface area contributed by atoms with Crippen molar-refractivity contribution in [2.24, 2.45) is 0 Å². The molecule has 2 aromatic rings. The van der Waals surface area contributed by atoms with Crippen LogP contribution in [0.3, 0.4) is 0 Å². The summed E-state index contributed by atoms with van der Waals surface area (Å²) in [5.74, 6) is 1.83. The summed E-state index contributed by atoms with van der Waals surface area (Å²) in [5, 5.41) is 1.33. The molecule has 21 heavy (non-hydrogen) atoms. The predicted octanol–water partition coefficient (Wildman–Crippen LogP) is 4.31. The molecule has 1 N–H and O–H groups in total. The summed E-state index contributed by atoms with van der Waals surface area (Å²) in [7, 11) is 0. The van der Waals surface area contributed by atoms with Crippen LogP contribution in [0.15, 0.2) is 18.2 Å². The van der Waals surface area contributed by atoms with Gasteiger partial charge in [0.05, 0.1) is 11.8 Å². The van der Waals surface area contributed by atoms with Crippen LogP contribution in [0.2, 0.25) is 0 Å². The number of H-pyrrole nitrogens is 1. The van der Waals surface area contributed by atoms with Crippen LogP contribution in [0.4, 0.5) is 0 Å². The van der Waals surface area contributed by atoms with Crippen molar-refractivity contribution < 1.29 is 9.53 Å². The summed E-state index contributed by atoms with van der Waals surface area (Å²) in [6.45, 7) is 0. The third-order valence-electron chi connectivity index (χ3n) is 4.52. The fraction of sp³-hybridized carbons (Fsp3) is 0.471. The second kappa shape index (κ2) is 5.41. The van der Waals surface area contributed by atoms with Crippen LogP contribution in [-0.2, 0) is 6.42 Å². The van der Waals surface area contributed by atoms with Crippen molar-refractivity contribution in [3.8, 4) is 5.75 Å². The number of thioether (sulfide) groups is 1. The second-order valence-corrected chi connectivity index (χ2v) is 7.02. The van der Waals surface area contributed by atoms with Gasteiger partial charge < -0.3 is 9.72 Å². The van der Waals surface area contributed by atoms with Gasteiger partial charge in [0.2, 0.25) is 5.12 Å². The standard InChI is InChI=1S/C17H19NO2S/c19-17-16-13(8-9-21-17)14-10-12(6-7-15(14)18-16)20-11-4-2-1-3-5-11/h6-7,10-11,18H,1-5,8-9H2. The van der Waals surface area contributed by atoms with Gasteiger partial charge in [0.1, 0.15) is 5.75 Å². The number of aromatic nitrogens is 1. The lowest BCUT2D eigenvalue weighted by Gasteiger charge is -2.23. The van der Waals surface area contributed by atoms with Gasteiger partial charge in [0, 0.05) is 16.7 Å². The van der Waals surface area contributed by atoms with Crippen LogP contribution < -0.4 is 4.74 Å². The van der Waals surface area contributed by atoms with E-state index in [1.165, 1.54) is 49.4 Å². The van der Waals surface area contributed by atoms with Gasteiger partial charge in [-0.25, -0.2) is 0 Å². The first-order chi connectivity index (χ1) is 10.3. The fourth-order valence-corrected chi connectivity index (χ4v) is 4.24. The second-order valence-electron chi connectivity index (χ2n) is 5.95. The SMILES string of the molecule is O=C1SCCc2c1[nH]c1ccc(OC3CCCCC3)cc21. The van der Waals surface area contributed by atoms with Crippen LogP contribution in [0.5, 0.6) is 5.75 Å². The molecule has 1 aromatic heterocycles. The summed E-state index contributed by atoms with van der Waals surface area (Å²) < 4.78 is 6.15. The molecule has 3 nitrogen and oxygen atoms in total. The lowest BCUT2D eigenvalue weighted by Crippen LogP contribution is -2.19. The average molecular weight is 301 g/mol. The molecule has 1 aliphatic carbocycles. The van der Waals surface area contributed by atoms with E-state index < -0.39 is 0 Å². The van der Waals surface area contributed by atoms with E-state index in [1.54, 1.807) is 0 Å². The summed E-state index contributed by atoms with van der Waals surface area (Å²) in [4.78, 5) is 15.2. The molecule has 0 unspecified atom stereocenters. The molecule has 4 heteroatoms. The van der Waals surface area contributed by atoms with Gasteiger partial charge in [-0.15, -0.1) is 0 Å². The minimum absolute atomic E-state index is 0.169. The molecule has 110 valence electrons. The molecule has 1 aliphatic heterocycles. The topological polar surface area (TPSA) is 42.1 Å². The van der Waals surface area contributed by atoms with Crippen LogP contribution in [0, 0.1) is 0 Å². The maximum absolute atomic E-state index is 12.0. The molecule has 0 radical (unpaired) electrons. The number of aryl methyl sites for hydroxylation is 1. The maximum Gasteiger partial charge on any atom is 0.235 e. The Morgan fingerprint density at radius 2 is 2.05 bits per heavy atom. The van der Waals surface area contributed by atoms with E-state index in [0.717, 1.165) is 34.5 Å². The van der Waals surface area contributed by atoms with E-state index in [-0.39, 0.29) is 5.12 Å². The van der Waals surface area contributed by atoms with Gasteiger partial charge in [0.25, 0.3) is 0 Å². The van der Waals surface area contributed by atoms with E-state index in [9.17, 15) is 4.79 Å². The van der Waals surface area contributed by atoms with Gasteiger partial charge in [-0.3, -0.25) is 4.79 Å². The Morgan fingerprint density at radius 3 is 2.90 bits per heavy atom. The highest BCUT2D eigenvalue weighted by molar-refractivity contribution is 8.14. The van der Waals surface area contributed by atoms with Crippen molar-refractivity contribution in [3.63, 3.8) is 0 Å². The number of fused-ring (bicyclic) bond motifs is 3. The van der Waals surface area contributed by atoms with E-state index in [4.69, 9.17) is 4.74 Å². The number of carbonyl (C=O) groups excluding carboxylic acids is 1. The number of ether oxygens (including phenoxy) is 1. The molecular formula is C17H19NO2S. The highest BCUT2D eigenvalue weighted by Gasteiger charge is 2.23. The number of carbonyl (C=O) groups is 1. The zero-order valence-electron chi connectivity index (χ0n) is 12.0. The molecule has 1 saturated carbocycles. The zero-order chi connectivity index (χ0) is 14.2. The summed E-state index contributed by atoms with van der Waals surface area (Å²) in [5.41, 5.74) is 3.01. The highest BCUT2D eigenvalue weighted by atomic mass is 32.2. The number of aromatic amines is 1. The number of rotatable bonds is 2. The van der Waals surface area contributed by atoms with Crippen molar-refractivity contribution in [3.05, 3.63) is 29.5 Å². The lowest BCUT2D eigenvalue weighted by molar-refractivity contribution is 0.108. The number of nitrogens with one attached hydrogen (secondary N) is 1. The third kappa shape index (κ3) is 2.46. The Balaban J connectivity index is 1.67. The van der Waals surface area contributed by atoms with Crippen LogP contribution >= 0.6 is 11.8 Å². The molecule has 2 heterocycles. The number of hydrogen-bond acceptors (Lipinski definition) is 3. The van der Waals surface area contributed by atoms with Crippen molar-refractivity contribution in [2.45, 2.75) is 44.6 Å². The third-order valence-corrected chi connectivity index (χ3v) is 5.40. The fourth-order valence-electron chi connectivity index (χ4n) is 3.43. The van der Waals surface area contributed by atoms with Crippen molar-refractivity contribution in [1.82, 2.24) is 4.98 Å². The van der Waals surface area contributed by atoms with Gasteiger partial charge in [-0.1, -0.05) is 18.2 Å². The molecule has 0 bridgehead atoms. The number of hydrogen-bond donors (Lipinski definition) is 1. The Bertz CT molecular complexity index is 685. The molecule has 0 saturated heterocycles. The Kier molecular flexibility index (Phi) is 3.42. The van der Waals surface area contributed by atoms with Crippen molar-refractivity contribution >= 4 is 27.8 Å². The van der Waals surface area contributed by atoms with Gasteiger partial charge in [-0.2, -0.15) is 0 Å². The first-order valence-electron chi connectivity index (χ1n) is 7.79. The molecule has 1 aromatic carbocycles. The molecule has 2 aliphatic rings. The number of benzene rings is 1. The largest absolute Gasteiger partial charge is 0.490 e. The van der Waals surface area contributed by atoms with E-state index in [2.05, 4.69) is 11.1 Å². The van der Waals surface area contributed by atoms with Gasteiger partial charge >= 0.3 is 0 Å². The maximum atomic E-state index is 12.0. The molecule has 0 amide bonds. The predicted molar refractivity (Wildman–Crippen MR) is 86.3 cm³/mol. The molecule has 0 atom stereocenters. The summed E-state index contributed by atoms with van der Waals surface area (Å²) in [6.07, 6.45) is 7.54. The van der Waals surface area contributed by atoms with Gasteiger partial charge in [0.15, 0.2) is 0 Å². The average Bonchev–Trinajstić information content (AvgIpc) is 2.88. The van der Waals surface area contributed by atoms with E-state index >= 15 is 0 Å². The van der Waals surface area contributed by atoms with Gasteiger partial charge in [-0.05, 0) is 55.9 Å². The Labute approximate surface area is 128 Å². The minimum atomic E-state index is 0.169. The highest BCUT2D eigenvalue weighted by Crippen LogP contribution is 2.33. The Hall–Kier alpha value is -1.42. The first-order valence-corrected chi connectivity index (χ1v) is 8.78. The Morgan fingerprint density at radius 1 is 1.19 bits per heavy atom. The molecule has 4 rings (SSSR count). The van der Waals surface area contributed by atoms with Crippen LogP contribution in [-0.4, -0.2) is 22.0 Å². The van der Waals surface area contributed by atoms with Crippen molar-refractivity contribution in [1.29, 1.82) is 0 Å². The minimum Gasteiger partial charge on any atom is -0.490 e. The first kappa shape index (κ1) is 13.3. The van der Waals surface area contributed by atoms with Crippen molar-refractivity contribution in [2.75, 3.05) is 5.75 Å². The quantitative estimate of drug-likeness (QED) is 0.898. The summed E-state index contributed by atoms with van der Waals surface area (Å²) in [6, 6.07) is 6.18. The van der Waals surface area contributed by atoms with Crippen LogP contribution in [0.1, 0.15) is 48.2 Å². The van der Waals surface area contributed by atoms with Crippen LogP contribution in [0.25, 0.3) is 10.9 Å². The molecule has 0 spiro atoms. The monoisotopic (exact) mass is 301 g/mol. The smallest absolute Gasteiger partial charge is 0.235 e. The van der Waals surface area contributed by atoms with E-state index in [0.29, 0.717) is 6.10 Å². The lowest BCUT2D eigenvalue weighted by atomic mass is 9.98. The zero-order valence-corrected chi connectivity index (χ0v) is 12.8. The summed E-state index contributed by atoms with van der Waals surface area (Å²) >= 11 is 1.41. The normalized spacial score (nSPS) is 19.7. The van der Waals surface area contributed by atoms with E-state index in [1.807, 2.05) is 12.1 Å².